The highest BCUT2D eigenvalue weighted by Gasteiger charge is 2.03. The van der Waals surface area contributed by atoms with E-state index >= 15 is 0 Å². The molecule has 0 saturated carbocycles. The third-order valence-electron chi connectivity index (χ3n) is 2.15. The average Bonchev–Trinajstić information content (AvgIpc) is 2.52. The first-order valence-corrected chi connectivity index (χ1v) is 6.12. The molecule has 0 aliphatic rings. The number of aromatic nitrogens is 2. The molecule has 80 valence electrons. The molecule has 0 bridgehead atoms. The van der Waals surface area contributed by atoms with Crippen molar-refractivity contribution < 1.29 is 0 Å². The normalized spacial score (nSPS) is 11.1. The third kappa shape index (κ3) is 3.72. The van der Waals surface area contributed by atoms with Crippen LogP contribution in [0.5, 0.6) is 0 Å². The van der Waals surface area contributed by atoms with Gasteiger partial charge in [0.2, 0.25) is 0 Å². The van der Waals surface area contributed by atoms with Crippen LogP contribution in [0.4, 0.5) is 0 Å². The van der Waals surface area contributed by atoms with Crippen molar-refractivity contribution in [3.8, 4) is 0 Å². The fourth-order valence-electron chi connectivity index (χ4n) is 1.23. The van der Waals surface area contributed by atoms with Crippen LogP contribution in [-0.4, -0.2) is 39.5 Å². The summed E-state index contributed by atoms with van der Waals surface area (Å²) >= 11 is 1.98. The van der Waals surface area contributed by atoms with E-state index in [1.807, 2.05) is 31.2 Å². The maximum absolute atomic E-state index is 4.30. The molecule has 4 heteroatoms. The summed E-state index contributed by atoms with van der Waals surface area (Å²) in [5, 5.41) is 0. The third-order valence-corrected chi connectivity index (χ3v) is 3.03. The van der Waals surface area contributed by atoms with Gasteiger partial charge in [0, 0.05) is 31.7 Å². The molecule has 0 atom stereocenters. The highest BCUT2D eigenvalue weighted by Crippen LogP contribution is 2.02. The zero-order valence-electron chi connectivity index (χ0n) is 9.23. The standard InChI is InChI=1S/C10H19N3S/c1-4-14-8-7-12(2)9-10-11-5-6-13(10)3/h5-6H,4,7-9H2,1-3H3. The van der Waals surface area contributed by atoms with E-state index in [-0.39, 0.29) is 0 Å². The molecule has 0 amide bonds. The Kier molecular flexibility index (Phi) is 5.04. The number of hydrogen-bond donors (Lipinski definition) is 0. The molecule has 14 heavy (non-hydrogen) atoms. The minimum absolute atomic E-state index is 0.938. The monoisotopic (exact) mass is 213 g/mol. The van der Waals surface area contributed by atoms with Crippen molar-refractivity contribution in [3.63, 3.8) is 0 Å². The van der Waals surface area contributed by atoms with E-state index in [1.165, 1.54) is 11.5 Å². The van der Waals surface area contributed by atoms with Crippen LogP contribution in [0.2, 0.25) is 0 Å². The predicted molar refractivity (Wildman–Crippen MR) is 62.5 cm³/mol. The van der Waals surface area contributed by atoms with Gasteiger partial charge in [0.05, 0.1) is 6.54 Å². The SMILES string of the molecule is CCSCCN(C)Cc1nccn1C. The lowest BCUT2D eigenvalue weighted by atomic mass is 10.5. The van der Waals surface area contributed by atoms with Gasteiger partial charge in [-0.15, -0.1) is 0 Å². The summed E-state index contributed by atoms with van der Waals surface area (Å²) in [5.74, 6) is 3.54. The summed E-state index contributed by atoms with van der Waals surface area (Å²) < 4.78 is 2.07. The second kappa shape index (κ2) is 6.09. The minimum atomic E-state index is 0.938. The van der Waals surface area contributed by atoms with Crippen molar-refractivity contribution in [3.05, 3.63) is 18.2 Å². The van der Waals surface area contributed by atoms with Crippen molar-refractivity contribution in [2.24, 2.45) is 7.05 Å². The van der Waals surface area contributed by atoms with E-state index in [0.717, 1.165) is 18.9 Å². The van der Waals surface area contributed by atoms with Crippen LogP contribution in [-0.2, 0) is 13.6 Å². The van der Waals surface area contributed by atoms with Crippen LogP contribution in [0.15, 0.2) is 12.4 Å². The number of imidazole rings is 1. The topological polar surface area (TPSA) is 21.1 Å². The molecular weight excluding hydrogens is 194 g/mol. The van der Waals surface area contributed by atoms with Crippen LogP contribution >= 0.6 is 11.8 Å². The quantitative estimate of drug-likeness (QED) is 0.670. The van der Waals surface area contributed by atoms with Crippen molar-refractivity contribution in [1.29, 1.82) is 0 Å². The Bertz CT molecular complexity index is 260. The first-order valence-electron chi connectivity index (χ1n) is 4.96. The number of nitrogens with zero attached hydrogens (tertiary/aromatic N) is 3. The van der Waals surface area contributed by atoms with Gasteiger partial charge in [0.25, 0.3) is 0 Å². The summed E-state index contributed by atoms with van der Waals surface area (Å²) in [5.41, 5.74) is 0. The Morgan fingerprint density at radius 3 is 2.93 bits per heavy atom. The summed E-state index contributed by atoms with van der Waals surface area (Å²) in [6.07, 6.45) is 3.84. The van der Waals surface area contributed by atoms with E-state index in [0.29, 0.717) is 0 Å². The van der Waals surface area contributed by atoms with Crippen molar-refractivity contribution in [2.75, 3.05) is 25.1 Å². The Morgan fingerprint density at radius 1 is 1.57 bits per heavy atom. The molecule has 0 aromatic carbocycles. The second-order valence-corrected chi connectivity index (χ2v) is 4.78. The summed E-state index contributed by atoms with van der Waals surface area (Å²) in [6, 6.07) is 0. The van der Waals surface area contributed by atoms with Gasteiger partial charge in [-0.1, -0.05) is 6.92 Å². The Balaban J connectivity index is 2.27. The Hall–Kier alpha value is -0.480. The van der Waals surface area contributed by atoms with Gasteiger partial charge in [0.15, 0.2) is 0 Å². The fourth-order valence-corrected chi connectivity index (χ4v) is 1.96. The molecule has 0 aliphatic carbocycles. The number of aryl methyl sites for hydroxylation is 1. The lowest BCUT2D eigenvalue weighted by Crippen LogP contribution is -2.22. The second-order valence-electron chi connectivity index (χ2n) is 3.39. The number of rotatable bonds is 6. The molecule has 1 aromatic heterocycles. The lowest BCUT2D eigenvalue weighted by molar-refractivity contribution is 0.335. The van der Waals surface area contributed by atoms with Gasteiger partial charge in [-0.2, -0.15) is 11.8 Å². The molecule has 0 aliphatic heterocycles. The molecule has 0 radical (unpaired) electrons. The first kappa shape index (κ1) is 11.6. The van der Waals surface area contributed by atoms with Gasteiger partial charge < -0.3 is 4.57 Å². The maximum Gasteiger partial charge on any atom is 0.122 e. The minimum Gasteiger partial charge on any atom is -0.337 e. The molecule has 3 nitrogen and oxygen atoms in total. The summed E-state index contributed by atoms with van der Waals surface area (Å²) in [6.45, 7) is 4.27. The van der Waals surface area contributed by atoms with E-state index in [2.05, 4.69) is 28.4 Å². The van der Waals surface area contributed by atoms with Gasteiger partial charge in [-0.05, 0) is 12.8 Å². The Morgan fingerprint density at radius 2 is 2.36 bits per heavy atom. The van der Waals surface area contributed by atoms with E-state index in [4.69, 9.17) is 0 Å². The van der Waals surface area contributed by atoms with Crippen LogP contribution in [0, 0.1) is 0 Å². The molecular formula is C10H19N3S. The highest BCUT2D eigenvalue weighted by molar-refractivity contribution is 7.99. The van der Waals surface area contributed by atoms with E-state index in [9.17, 15) is 0 Å². The number of hydrogen-bond acceptors (Lipinski definition) is 3. The maximum atomic E-state index is 4.30. The van der Waals surface area contributed by atoms with Crippen molar-refractivity contribution in [2.45, 2.75) is 13.5 Å². The predicted octanol–water partition coefficient (Wildman–Crippen LogP) is 1.60. The molecule has 0 spiro atoms. The smallest absolute Gasteiger partial charge is 0.122 e. The van der Waals surface area contributed by atoms with E-state index < -0.39 is 0 Å². The number of thioether (sulfide) groups is 1. The zero-order valence-corrected chi connectivity index (χ0v) is 10.0. The molecule has 1 heterocycles. The zero-order chi connectivity index (χ0) is 10.4. The Labute approximate surface area is 90.5 Å². The van der Waals surface area contributed by atoms with Gasteiger partial charge >= 0.3 is 0 Å². The van der Waals surface area contributed by atoms with Crippen LogP contribution in [0.1, 0.15) is 12.7 Å². The summed E-state index contributed by atoms with van der Waals surface area (Å²) in [7, 11) is 4.18. The molecule has 0 unspecified atom stereocenters. The molecule has 0 fully saturated rings. The lowest BCUT2D eigenvalue weighted by Gasteiger charge is -2.15. The van der Waals surface area contributed by atoms with Crippen LogP contribution in [0.3, 0.4) is 0 Å². The van der Waals surface area contributed by atoms with Crippen molar-refractivity contribution >= 4 is 11.8 Å². The van der Waals surface area contributed by atoms with E-state index in [1.54, 1.807) is 0 Å². The molecule has 0 N–H and O–H groups in total. The highest BCUT2D eigenvalue weighted by atomic mass is 32.2. The average molecular weight is 213 g/mol. The van der Waals surface area contributed by atoms with Gasteiger partial charge in [-0.25, -0.2) is 4.98 Å². The fraction of sp³-hybridized carbons (Fsp3) is 0.700. The van der Waals surface area contributed by atoms with Crippen LogP contribution < -0.4 is 0 Å². The van der Waals surface area contributed by atoms with Gasteiger partial charge in [-0.3, -0.25) is 4.90 Å². The van der Waals surface area contributed by atoms with Gasteiger partial charge in [0.1, 0.15) is 5.82 Å². The largest absolute Gasteiger partial charge is 0.337 e. The molecule has 1 rings (SSSR count). The first-order chi connectivity index (χ1) is 6.74. The molecule has 1 aromatic rings. The van der Waals surface area contributed by atoms with Crippen molar-refractivity contribution in [1.82, 2.24) is 14.5 Å². The molecule has 0 saturated heterocycles. The summed E-state index contributed by atoms with van der Waals surface area (Å²) in [4.78, 5) is 6.61. The van der Waals surface area contributed by atoms with Crippen LogP contribution in [0.25, 0.3) is 0 Å².